The molecule has 0 aliphatic carbocycles. The van der Waals surface area contributed by atoms with Crippen LogP contribution >= 0.6 is 0 Å². The van der Waals surface area contributed by atoms with Crippen LogP contribution in [0.5, 0.6) is 0 Å². The molecule has 0 radical (unpaired) electrons. The predicted molar refractivity (Wildman–Crippen MR) is 111 cm³/mol. The summed E-state index contributed by atoms with van der Waals surface area (Å²) in [5.41, 5.74) is 1.80. The number of nitrogens with zero attached hydrogens (tertiary/aromatic N) is 4. The van der Waals surface area contributed by atoms with Crippen molar-refractivity contribution in [1.29, 1.82) is 5.26 Å². The fraction of sp³-hybridized carbons (Fsp3) is 0.217. The van der Waals surface area contributed by atoms with Crippen LogP contribution < -0.4 is 5.32 Å². The van der Waals surface area contributed by atoms with E-state index in [-0.39, 0.29) is 12.5 Å². The van der Waals surface area contributed by atoms with Crippen LogP contribution in [0, 0.1) is 18.3 Å². The maximum atomic E-state index is 13.5. The molecule has 1 fully saturated rings. The van der Waals surface area contributed by atoms with Crippen LogP contribution in [-0.4, -0.2) is 26.6 Å². The minimum atomic E-state index is -1.11. The molecular formula is C23H21N5O2. The van der Waals surface area contributed by atoms with Crippen molar-refractivity contribution in [3.8, 4) is 11.8 Å². The van der Waals surface area contributed by atoms with Crippen LogP contribution in [-0.2, 0) is 16.9 Å². The highest BCUT2D eigenvalue weighted by Gasteiger charge is 2.51. The fourth-order valence-electron chi connectivity index (χ4n) is 3.93. The van der Waals surface area contributed by atoms with Gasteiger partial charge in [0, 0.05) is 0 Å². The van der Waals surface area contributed by atoms with Crippen molar-refractivity contribution in [2.45, 2.75) is 32.4 Å². The van der Waals surface area contributed by atoms with Crippen molar-refractivity contribution in [2.24, 2.45) is 0 Å². The summed E-state index contributed by atoms with van der Waals surface area (Å²) in [6, 6.07) is 20.3. The summed E-state index contributed by atoms with van der Waals surface area (Å²) >= 11 is 0. The Balaban J connectivity index is 1.76. The van der Waals surface area contributed by atoms with Crippen LogP contribution in [0.15, 0.2) is 60.7 Å². The maximum absolute atomic E-state index is 13.5. The number of carbonyl (C=O) groups is 2. The number of aryl methyl sites for hydroxylation is 1. The maximum Gasteiger partial charge on any atom is 0.325 e. The Hall–Kier alpha value is -3.92. The number of imide groups is 1. The Kier molecular flexibility index (Phi) is 4.84. The summed E-state index contributed by atoms with van der Waals surface area (Å²) in [6.45, 7) is 3.57. The SMILES string of the molecule is CC[C@@]1(c2ccccc2)NC(=O)N(Cc2c(C#N)c(C)nn2-c2ccccc2)C1=O. The number of aromatic nitrogens is 2. The zero-order valence-electron chi connectivity index (χ0n) is 16.8. The van der Waals surface area contributed by atoms with Crippen molar-refractivity contribution in [3.05, 3.63) is 83.2 Å². The van der Waals surface area contributed by atoms with Gasteiger partial charge in [0.25, 0.3) is 5.91 Å². The molecule has 1 aliphatic heterocycles. The number of hydrogen-bond acceptors (Lipinski definition) is 4. The lowest BCUT2D eigenvalue weighted by Crippen LogP contribution is -2.43. The van der Waals surface area contributed by atoms with Crippen molar-refractivity contribution >= 4 is 11.9 Å². The van der Waals surface area contributed by atoms with Gasteiger partial charge in [0.05, 0.1) is 29.2 Å². The van der Waals surface area contributed by atoms with E-state index in [1.807, 2.05) is 67.6 Å². The number of para-hydroxylation sites is 1. The number of nitrogens with one attached hydrogen (secondary N) is 1. The first kappa shape index (κ1) is 19.4. The van der Waals surface area contributed by atoms with Gasteiger partial charge in [-0.15, -0.1) is 0 Å². The van der Waals surface area contributed by atoms with E-state index in [2.05, 4.69) is 16.5 Å². The molecule has 7 heteroatoms. The molecule has 1 aromatic heterocycles. The number of urea groups is 1. The van der Waals surface area contributed by atoms with Gasteiger partial charge < -0.3 is 5.32 Å². The highest BCUT2D eigenvalue weighted by Crippen LogP contribution is 2.33. The summed E-state index contributed by atoms with van der Waals surface area (Å²) in [6.07, 6.45) is 0.417. The zero-order chi connectivity index (χ0) is 21.3. The molecule has 0 spiro atoms. The highest BCUT2D eigenvalue weighted by atomic mass is 16.2. The fourth-order valence-corrected chi connectivity index (χ4v) is 3.93. The monoisotopic (exact) mass is 399 g/mol. The quantitative estimate of drug-likeness (QED) is 0.666. The van der Waals surface area contributed by atoms with Crippen LogP contribution in [0.1, 0.15) is 35.9 Å². The molecule has 0 saturated carbocycles. The van der Waals surface area contributed by atoms with E-state index >= 15 is 0 Å². The molecule has 1 saturated heterocycles. The van der Waals surface area contributed by atoms with Gasteiger partial charge in [-0.3, -0.25) is 9.69 Å². The normalized spacial score (nSPS) is 18.4. The molecule has 0 bridgehead atoms. The molecule has 7 nitrogen and oxygen atoms in total. The van der Waals surface area contributed by atoms with E-state index in [0.29, 0.717) is 23.4 Å². The first-order valence-electron chi connectivity index (χ1n) is 9.75. The third-order valence-electron chi connectivity index (χ3n) is 5.55. The van der Waals surface area contributed by atoms with Gasteiger partial charge in [0.15, 0.2) is 0 Å². The van der Waals surface area contributed by atoms with E-state index in [4.69, 9.17) is 0 Å². The topological polar surface area (TPSA) is 91.0 Å². The van der Waals surface area contributed by atoms with Crippen molar-refractivity contribution in [3.63, 3.8) is 0 Å². The molecule has 3 amide bonds. The first-order chi connectivity index (χ1) is 14.5. The second-order valence-electron chi connectivity index (χ2n) is 7.21. The van der Waals surface area contributed by atoms with Crippen molar-refractivity contribution in [2.75, 3.05) is 0 Å². The van der Waals surface area contributed by atoms with Gasteiger partial charge in [-0.2, -0.15) is 10.4 Å². The minimum absolute atomic E-state index is 0.0438. The van der Waals surface area contributed by atoms with Crippen LogP contribution in [0.3, 0.4) is 0 Å². The number of rotatable bonds is 5. The van der Waals surface area contributed by atoms with E-state index in [9.17, 15) is 14.9 Å². The smallest absolute Gasteiger partial charge is 0.319 e. The molecule has 1 atom stereocenters. The lowest BCUT2D eigenvalue weighted by atomic mass is 9.87. The van der Waals surface area contributed by atoms with Gasteiger partial charge in [-0.1, -0.05) is 55.5 Å². The molecule has 0 unspecified atom stereocenters. The van der Waals surface area contributed by atoms with Gasteiger partial charge in [-0.25, -0.2) is 9.48 Å². The molecule has 1 N–H and O–H groups in total. The molecule has 150 valence electrons. The van der Waals surface area contributed by atoms with Crippen LogP contribution in [0.25, 0.3) is 5.69 Å². The van der Waals surface area contributed by atoms with Crippen LogP contribution in [0.4, 0.5) is 4.79 Å². The van der Waals surface area contributed by atoms with Gasteiger partial charge in [0.2, 0.25) is 0 Å². The number of carbonyl (C=O) groups excluding carboxylic acids is 2. The number of hydrogen-bond donors (Lipinski definition) is 1. The van der Waals surface area contributed by atoms with Crippen LogP contribution in [0.2, 0.25) is 0 Å². The van der Waals surface area contributed by atoms with E-state index in [1.165, 1.54) is 4.90 Å². The second kappa shape index (κ2) is 7.48. The average molecular weight is 399 g/mol. The Morgan fingerprint density at radius 1 is 1.07 bits per heavy atom. The standard InChI is InChI=1S/C23H21N5O2/c1-3-23(17-10-6-4-7-11-17)21(29)27(22(30)25-23)15-20-19(14-24)16(2)26-28(20)18-12-8-5-9-13-18/h4-13H,3,15H2,1-2H3,(H,25,30)/t23-/m0/s1. The Morgan fingerprint density at radius 2 is 1.70 bits per heavy atom. The number of amides is 3. The molecule has 30 heavy (non-hydrogen) atoms. The van der Waals surface area contributed by atoms with Gasteiger partial charge in [0.1, 0.15) is 11.6 Å². The highest BCUT2D eigenvalue weighted by molar-refractivity contribution is 6.07. The lowest BCUT2D eigenvalue weighted by molar-refractivity contribution is -0.132. The van der Waals surface area contributed by atoms with E-state index < -0.39 is 11.6 Å². The predicted octanol–water partition coefficient (Wildman–Crippen LogP) is 3.41. The molecule has 3 aromatic rings. The Labute approximate surface area is 174 Å². The molecule has 2 heterocycles. The molecule has 1 aliphatic rings. The number of benzene rings is 2. The van der Waals surface area contributed by atoms with Crippen molar-refractivity contribution in [1.82, 2.24) is 20.0 Å². The largest absolute Gasteiger partial charge is 0.325 e. The average Bonchev–Trinajstić information content (AvgIpc) is 3.23. The third-order valence-corrected chi connectivity index (χ3v) is 5.55. The van der Waals surface area contributed by atoms with Gasteiger partial charge >= 0.3 is 6.03 Å². The van der Waals surface area contributed by atoms with Crippen molar-refractivity contribution < 1.29 is 9.59 Å². The summed E-state index contributed by atoms with van der Waals surface area (Å²) in [5.74, 6) is -0.330. The summed E-state index contributed by atoms with van der Waals surface area (Å²) in [5, 5.41) is 17.0. The Bertz CT molecular complexity index is 1150. The van der Waals surface area contributed by atoms with E-state index in [0.717, 1.165) is 11.3 Å². The minimum Gasteiger partial charge on any atom is -0.319 e. The first-order valence-corrected chi connectivity index (χ1v) is 9.75. The summed E-state index contributed by atoms with van der Waals surface area (Å²) < 4.78 is 1.63. The van der Waals surface area contributed by atoms with E-state index in [1.54, 1.807) is 11.6 Å². The second-order valence-corrected chi connectivity index (χ2v) is 7.21. The Morgan fingerprint density at radius 3 is 2.30 bits per heavy atom. The third kappa shape index (κ3) is 2.94. The number of nitriles is 1. The molecule has 2 aromatic carbocycles. The molecule has 4 rings (SSSR count). The molecular weight excluding hydrogens is 378 g/mol. The van der Waals surface area contributed by atoms with Gasteiger partial charge in [-0.05, 0) is 31.0 Å². The summed E-state index contributed by atoms with van der Waals surface area (Å²) in [4.78, 5) is 27.5. The summed E-state index contributed by atoms with van der Waals surface area (Å²) in [7, 11) is 0. The zero-order valence-corrected chi connectivity index (χ0v) is 16.8. The lowest BCUT2D eigenvalue weighted by Gasteiger charge is -2.25.